The van der Waals surface area contributed by atoms with Gasteiger partial charge in [0, 0.05) is 18.2 Å². The molecule has 0 radical (unpaired) electrons. The van der Waals surface area contributed by atoms with Gasteiger partial charge in [-0.25, -0.2) is 9.37 Å². The summed E-state index contributed by atoms with van der Waals surface area (Å²) in [4.78, 5) is 29.0. The quantitative estimate of drug-likeness (QED) is 0.211. The van der Waals surface area contributed by atoms with Crippen LogP contribution in [-0.4, -0.2) is 41.7 Å². The molecule has 1 heterocycles. The molecule has 2 N–H and O–H groups in total. The number of nitrogens with zero attached hydrogens (tertiary/aromatic N) is 1. The molecule has 0 aliphatic rings. The number of esters is 1. The first kappa shape index (κ1) is 31.4. The first-order chi connectivity index (χ1) is 19.4. The molecule has 1 amide bonds. The summed E-state index contributed by atoms with van der Waals surface area (Å²) >= 11 is 0. The number of amides is 1. The summed E-state index contributed by atoms with van der Waals surface area (Å²) in [6, 6.07) is 12.3. The second kappa shape index (κ2) is 14.0. The van der Waals surface area contributed by atoms with Crippen LogP contribution in [0, 0.1) is 17.7 Å². The Labute approximate surface area is 235 Å². The molecule has 0 aliphatic carbocycles. The van der Waals surface area contributed by atoms with E-state index in [1.54, 1.807) is 19.1 Å². The van der Waals surface area contributed by atoms with Crippen LogP contribution in [0.2, 0.25) is 0 Å². The van der Waals surface area contributed by atoms with Gasteiger partial charge < -0.3 is 19.9 Å². The van der Waals surface area contributed by atoms with E-state index < -0.39 is 47.8 Å². The van der Waals surface area contributed by atoms with Crippen molar-refractivity contribution in [1.82, 2.24) is 10.3 Å². The highest BCUT2D eigenvalue weighted by Crippen LogP contribution is 2.32. The van der Waals surface area contributed by atoms with Crippen LogP contribution in [0.15, 0.2) is 60.8 Å². The topological polar surface area (TPSA) is 97.8 Å². The van der Waals surface area contributed by atoms with Crippen molar-refractivity contribution in [3.63, 3.8) is 0 Å². The predicted octanol–water partition coefficient (Wildman–Crippen LogP) is 5.74. The van der Waals surface area contributed by atoms with Gasteiger partial charge >= 0.3 is 12.1 Å². The minimum Gasteiger partial charge on any atom is -0.503 e. The molecular weight excluding hydrogens is 544 g/mol. The van der Waals surface area contributed by atoms with Crippen LogP contribution >= 0.6 is 0 Å². The molecule has 2 aromatic carbocycles. The minimum absolute atomic E-state index is 0.0450. The number of halogens is 4. The van der Waals surface area contributed by atoms with E-state index >= 15 is 0 Å². The molecule has 0 spiro atoms. The third-order valence-corrected chi connectivity index (χ3v) is 6.93. The van der Waals surface area contributed by atoms with Crippen LogP contribution in [0.3, 0.4) is 0 Å². The number of rotatable bonds is 12. The lowest BCUT2D eigenvalue weighted by Crippen LogP contribution is -2.37. The Morgan fingerprint density at radius 2 is 1.61 bits per heavy atom. The van der Waals surface area contributed by atoms with Gasteiger partial charge in [-0.15, -0.1) is 0 Å². The maximum Gasteiger partial charge on any atom is 0.416 e. The van der Waals surface area contributed by atoms with E-state index in [1.165, 1.54) is 43.6 Å². The summed E-state index contributed by atoms with van der Waals surface area (Å²) < 4.78 is 63.2. The molecule has 3 atom stereocenters. The molecule has 41 heavy (non-hydrogen) atoms. The Kier molecular flexibility index (Phi) is 10.7. The number of benzene rings is 2. The number of ether oxygens (including phenoxy) is 2. The third-order valence-electron chi connectivity index (χ3n) is 6.93. The Morgan fingerprint density at radius 1 is 1.00 bits per heavy atom. The van der Waals surface area contributed by atoms with E-state index in [0.717, 1.165) is 17.7 Å². The van der Waals surface area contributed by atoms with Crippen molar-refractivity contribution < 1.29 is 41.7 Å². The van der Waals surface area contributed by atoms with Gasteiger partial charge in [-0.3, -0.25) is 9.59 Å². The van der Waals surface area contributed by atoms with Gasteiger partial charge in [0.2, 0.25) is 0 Å². The molecule has 0 bridgehead atoms. The molecule has 0 unspecified atom stereocenters. The van der Waals surface area contributed by atoms with E-state index in [9.17, 15) is 32.3 Å². The molecular formula is C30H32F4N2O5. The van der Waals surface area contributed by atoms with E-state index in [0.29, 0.717) is 24.8 Å². The highest BCUT2D eigenvalue weighted by molar-refractivity contribution is 5.97. The van der Waals surface area contributed by atoms with Gasteiger partial charge in [-0.2, -0.15) is 13.2 Å². The summed E-state index contributed by atoms with van der Waals surface area (Å²) in [7, 11) is 1.32. The average molecular weight is 577 g/mol. The Hall–Kier alpha value is -4.15. The number of carbonyl (C=O) groups excluding carboxylic acids is 2. The van der Waals surface area contributed by atoms with Crippen LogP contribution in [0.4, 0.5) is 17.6 Å². The monoisotopic (exact) mass is 576 g/mol. The van der Waals surface area contributed by atoms with Crippen LogP contribution in [0.5, 0.6) is 11.5 Å². The number of hydrogen-bond donors (Lipinski definition) is 2. The third kappa shape index (κ3) is 8.67. The summed E-state index contributed by atoms with van der Waals surface area (Å²) in [6.07, 6.45) is -2.34. The zero-order chi connectivity index (χ0) is 30.2. The van der Waals surface area contributed by atoms with Crippen molar-refractivity contribution in [2.24, 2.45) is 11.8 Å². The van der Waals surface area contributed by atoms with Crippen molar-refractivity contribution in [3.05, 3.63) is 89.0 Å². The van der Waals surface area contributed by atoms with Crippen LogP contribution < -0.4 is 10.1 Å². The number of aromatic nitrogens is 1. The first-order valence-corrected chi connectivity index (χ1v) is 13.0. The molecule has 0 aliphatic heterocycles. The molecule has 3 rings (SSSR count). The second-order valence-electron chi connectivity index (χ2n) is 9.65. The second-order valence-corrected chi connectivity index (χ2v) is 9.65. The Bertz CT molecular complexity index is 1310. The SMILES string of the molecule is CC[C@H](Cc1ccc(C(F)(F)F)cc1)[C@@H](Cc1ccc(F)cc1)[C@H](C)OC(=O)CNC(=O)c1nccc(OC)c1O. The predicted molar refractivity (Wildman–Crippen MR) is 143 cm³/mol. The normalized spacial score (nSPS) is 13.6. The summed E-state index contributed by atoms with van der Waals surface area (Å²) in [5.41, 5.74) is 0.448. The highest BCUT2D eigenvalue weighted by atomic mass is 19.4. The molecule has 0 saturated carbocycles. The molecule has 220 valence electrons. The standard InChI is InChI=1S/C30H32F4N2O5/c1-4-21(15-19-5-9-22(10-6-19)30(32,33)34)24(16-20-7-11-23(31)12-8-20)18(2)41-26(37)17-36-29(39)27-28(38)25(40-3)13-14-35-27/h5-14,18,21,24,38H,4,15-17H2,1-3H3,(H,36,39)/t18-,21+,24-/m0/s1. The van der Waals surface area contributed by atoms with Crippen molar-refractivity contribution in [3.8, 4) is 11.5 Å². The fourth-order valence-corrected chi connectivity index (χ4v) is 4.68. The van der Waals surface area contributed by atoms with Gasteiger partial charge in [0.25, 0.3) is 5.91 Å². The van der Waals surface area contributed by atoms with Gasteiger partial charge in [0.1, 0.15) is 18.5 Å². The van der Waals surface area contributed by atoms with Crippen molar-refractivity contribution >= 4 is 11.9 Å². The van der Waals surface area contributed by atoms with E-state index in [1.807, 2.05) is 6.92 Å². The van der Waals surface area contributed by atoms with E-state index in [2.05, 4.69) is 10.3 Å². The fraction of sp³-hybridized carbons (Fsp3) is 0.367. The van der Waals surface area contributed by atoms with Gasteiger partial charge in [-0.1, -0.05) is 37.6 Å². The average Bonchev–Trinajstić information content (AvgIpc) is 2.94. The van der Waals surface area contributed by atoms with Gasteiger partial charge in [0.15, 0.2) is 17.2 Å². The Morgan fingerprint density at radius 3 is 2.20 bits per heavy atom. The molecule has 7 nitrogen and oxygen atoms in total. The molecule has 11 heteroatoms. The smallest absolute Gasteiger partial charge is 0.416 e. The fourth-order valence-electron chi connectivity index (χ4n) is 4.68. The zero-order valence-corrected chi connectivity index (χ0v) is 22.9. The minimum atomic E-state index is -4.44. The molecule has 1 aromatic heterocycles. The Balaban J connectivity index is 1.73. The van der Waals surface area contributed by atoms with Crippen molar-refractivity contribution in [1.29, 1.82) is 0 Å². The van der Waals surface area contributed by atoms with Crippen molar-refractivity contribution in [2.75, 3.05) is 13.7 Å². The highest BCUT2D eigenvalue weighted by Gasteiger charge is 2.32. The zero-order valence-electron chi connectivity index (χ0n) is 22.9. The lowest BCUT2D eigenvalue weighted by Gasteiger charge is -2.31. The number of carbonyl (C=O) groups is 2. The van der Waals surface area contributed by atoms with Crippen molar-refractivity contribution in [2.45, 2.75) is 45.4 Å². The van der Waals surface area contributed by atoms with E-state index in [-0.39, 0.29) is 23.3 Å². The number of methoxy groups -OCH3 is 1. The van der Waals surface area contributed by atoms with Crippen LogP contribution in [0.25, 0.3) is 0 Å². The number of hydrogen-bond acceptors (Lipinski definition) is 6. The molecule has 0 saturated heterocycles. The lowest BCUT2D eigenvalue weighted by atomic mass is 9.78. The van der Waals surface area contributed by atoms with Gasteiger partial charge in [0.05, 0.1) is 12.7 Å². The summed E-state index contributed by atoms with van der Waals surface area (Å²) in [5.74, 6) is -2.74. The van der Waals surface area contributed by atoms with Crippen LogP contribution in [-0.2, 0) is 28.5 Å². The number of nitrogens with one attached hydrogen (secondary N) is 1. The maximum absolute atomic E-state index is 13.5. The maximum atomic E-state index is 13.5. The lowest BCUT2D eigenvalue weighted by molar-refractivity contribution is -0.150. The number of pyridine rings is 1. The van der Waals surface area contributed by atoms with Crippen LogP contribution in [0.1, 0.15) is 47.4 Å². The first-order valence-electron chi connectivity index (χ1n) is 13.0. The summed E-state index contributed by atoms with van der Waals surface area (Å²) in [6.45, 7) is 3.15. The molecule has 3 aromatic rings. The largest absolute Gasteiger partial charge is 0.503 e. The molecule has 0 fully saturated rings. The summed E-state index contributed by atoms with van der Waals surface area (Å²) in [5, 5.41) is 12.5. The van der Waals surface area contributed by atoms with E-state index in [4.69, 9.17) is 9.47 Å². The number of aromatic hydroxyl groups is 1. The number of alkyl halides is 3. The van der Waals surface area contributed by atoms with Gasteiger partial charge in [-0.05, 0) is 61.1 Å².